The van der Waals surface area contributed by atoms with Gasteiger partial charge in [0.15, 0.2) is 0 Å². The van der Waals surface area contributed by atoms with Gasteiger partial charge in [-0.2, -0.15) is 8.42 Å². The second kappa shape index (κ2) is 13.7. The molecule has 0 aromatic heterocycles. The van der Waals surface area contributed by atoms with E-state index in [0.29, 0.717) is 5.56 Å². The quantitative estimate of drug-likeness (QED) is 0.198. The van der Waals surface area contributed by atoms with Crippen LogP contribution in [0.5, 0.6) is 0 Å². The minimum Gasteiger partial charge on any atom is -0.355 e. The molecular formula is C44H50N2O3S. The van der Waals surface area contributed by atoms with Gasteiger partial charge in [-0.1, -0.05) is 24.3 Å². The van der Waals surface area contributed by atoms with Crippen molar-refractivity contribution in [3.8, 4) is 0 Å². The molecule has 50 heavy (non-hydrogen) atoms. The van der Waals surface area contributed by atoms with E-state index in [0.717, 1.165) is 72.9 Å². The van der Waals surface area contributed by atoms with Crippen molar-refractivity contribution in [3.05, 3.63) is 144 Å². The third-order valence-corrected chi connectivity index (χ3v) is 11.4. The number of hydrogen-bond acceptors (Lipinski definition) is 4. The van der Waals surface area contributed by atoms with Crippen LogP contribution in [0.15, 0.2) is 81.2 Å². The van der Waals surface area contributed by atoms with Gasteiger partial charge in [0.25, 0.3) is 10.1 Å². The Morgan fingerprint density at radius 1 is 0.600 bits per heavy atom. The van der Waals surface area contributed by atoms with E-state index >= 15 is 0 Å². The van der Waals surface area contributed by atoms with Crippen LogP contribution in [-0.2, 0) is 10.1 Å². The van der Waals surface area contributed by atoms with Gasteiger partial charge >= 0.3 is 0 Å². The van der Waals surface area contributed by atoms with Crippen molar-refractivity contribution in [1.82, 2.24) is 0 Å². The van der Waals surface area contributed by atoms with Crippen LogP contribution in [0, 0.1) is 76.2 Å². The van der Waals surface area contributed by atoms with Crippen LogP contribution < -0.4 is 5.32 Å². The Hall–Kier alpha value is -4.52. The first-order chi connectivity index (χ1) is 23.3. The summed E-state index contributed by atoms with van der Waals surface area (Å²) < 4.78 is 36.4. The molecule has 0 aliphatic heterocycles. The smallest absolute Gasteiger partial charge is 0.295 e. The summed E-state index contributed by atoms with van der Waals surface area (Å²) >= 11 is 0. The Kier molecular flexibility index (Phi) is 10.0. The molecule has 1 aliphatic rings. The van der Waals surface area contributed by atoms with Gasteiger partial charge in [-0.05, 0) is 209 Å². The molecule has 5 rings (SSSR count). The van der Waals surface area contributed by atoms with Gasteiger partial charge in [-0.15, -0.1) is 0 Å². The van der Waals surface area contributed by atoms with E-state index in [1.54, 1.807) is 6.07 Å². The zero-order valence-corrected chi connectivity index (χ0v) is 32.6. The molecule has 1 aliphatic carbocycles. The molecule has 0 saturated heterocycles. The highest BCUT2D eigenvalue weighted by Gasteiger charge is 2.26. The zero-order chi connectivity index (χ0) is 37.0. The number of hydrogen-bond donors (Lipinski definition) is 2. The molecule has 0 radical (unpaired) electrons. The lowest BCUT2D eigenvalue weighted by Crippen LogP contribution is -2.10. The number of aryl methyl sites for hydroxylation is 7. The number of anilines is 2. The number of nitrogens with one attached hydrogen (secondary N) is 1. The largest absolute Gasteiger partial charge is 0.355 e. The van der Waals surface area contributed by atoms with Crippen molar-refractivity contribution < 1.29 is 13.0 Å². The lowest BCUT2D eigenvalue weighted by molar-refractivity contribution is 0.483. The molecule has 0 heterocycles. The predicted molar refractivity (Wildman–Crippen MR) is 212 cm³/mol. The van der Waals surface area contributed by atoms with Crippen LogP contribution in [0.25, 0.3) is 5.57 Å². The van der Waals surface area contributed by atoms with E-state index in [-0.39, 0.29) is 4.90 Å². The molecule has 2 N–H and O–H groups in total. The fourth-order valence-corrected chi connectivity index (χ4v) is 7.85. The molecule has 6 heteroatoms. The van der Waals surface area contributed by atoms with Crippen LogP contribution >= 0.6 is 0 Å². The van der Waals surface area contributed by atoms with Gasteiger partial charge in [0.1, 0.15) is 4.90 Å². The summed E-state index contributed by atoms with van der Waals surface area (Å²) in [5.74, 6) is 0. The van der Waals surface area contributed by atoms with E-state index in [2.05, 4.69) is 111 Å². The minimum atomic E-state index is -4.55. The van der Waals surface area contributed by atoms with Gasteiger partial charge in [-0.3, -0.25) is 4.55 Å². The summed E-state index contributed by atoms with van der Waals surface area (Å²) in [6.45, 7) is 27.1. The highest BCUT2D eigenvalue weighted by molar-refractivity contribution is 7.86. The van der Waals surface area contributed by atoms with E-state index in [1.807, 2.05) is 32.9 Å². The molecule has 4 aromatic rings. The lowest BCUT2D eigenvalue weighted by atomic mass is 9.83. The normalized spacial score (nSPS) is 15.3. The monoisotopic (exact) mass is 686 g/mol. The van der Waals surface area contributed by atoms with E-state index in [9.17, 15) is 13.0 Å². The summed E-state index contributed by atoms with van der Waals surface area (Å²) in [5.41, 5.74) is 21.3. The third-order valence-electron chi connectivity index (χ3n) is 10.5. The molecule has 5 nitrogen and oxygen atoms in total. The maximum Gasteiger partial charge on any atom is 0.295 e. The average Bonchev–Trinajstić information content (AvgIpc) is 3.03. The molecule has 0 fully saturated rings. The Morgan fingerprint density at radius 2 is 1.22 bits per heavy atom. The highest BCUT2D eigenvalue weighted by atomic mass is 32.2. The van der Waals surface area contributed by atoms with Crippen LogP contribution in [0.4, 0.5) is 17.1 Å². The SMILES string of the molecule is CC1=CC(=C(c2cc(C)c(Nc3c(C)cc(C)c(C)c3C)cc2C)c2ccc(C)cc2S(=O)(=O)O)C(C)=CC1=Nc1c(C)cc(C)c(C)c1C. The number of rotatable bonds is 6. The highest BCUT2D eigenvalue weighted by Crippen LogP contribution is 2.41. The maximum absolute atomic E-state index is 12.9. The van der Waals surface area contributed by atoms with Crippen molar-refractivity contribution >= 4 is 38.5 Å². The summed E-state index contributed by atoms with van der Waals surface area (Å²) in [5, 5.41) is 3.72. The van der Waals surface area contributed by atoms with E-state index in [1.165, 1.54) is 38.9 Å². The fourth-order valence-electron chi connectivity index (χ4n) is 7.07. The van der Waals surface area contributed by atoms with Crippen LogP contribution in [0.1, 0.15) is 86.2 Å². The second-order valence-corrected chi connectivity index (χ2v) is 15.7. The van der Waals surface area contributed by atoms with Gasteiger partial charge < -0.3 is 5.32 Å². The van der Waals surface area contributed by atoms with Gasteiger partial charge in [0, 0.05) is 16.9 Å². The summed E-state index contributed by atoms with van der Waals surface area (Å²) in [4.78, 5) is 5.06. The first kappa shape index (κ1) is 36.8. The Bertz CT molecular complexity index is 2330. The standard InChI is InChI=1S/C44H50N2O3S/c1-23-14-15-36(41(16-23)50(47,48)49)42(37-19-28(6)39(21-26(37)4)45-43-30(8)17-24(2)32(10)34(43)12)38-20-29(7)40(22-27(38)5)46-44-31(9)18-25(3)33(11)35(44)13/h14-22,45H,1-13H3,(H,47,48,49). The molecule has 4 aromatic carbocycles. The number of benzene rings is 4. The molecular weight excluding hydrogens is 637 g/mol. The van der Waals surface area contributed by atoms with Crippen molar-refractivity contribution in [2.45, 2.75) is 94.9 Å². The molecule has 0 saturated carbocycles. The maximum atomic E-state index is 12.9. The van der Waals surface area contributed by atoms with Crippen molar-refractivity contribution in [1.29, 1.82) is 0 Å². The molecule has 260 valence electrons. The third kappa shape index (κ3) is 6.92. The van der Waals surface area contributed by atoms with Gasteiger partial charge in [-0.25, -0.2) is 4.99 Å². The van der Waals surface area contributed by atoms with Gasteiger partial charge in [0.2, 0.25) is 0 Å². The Morgan fingerprint density at radius 3 is 1.86 bits per heavy atom. The summed E-state index contributed by atoms with van der Waals surface area (Å²) in [6.07, 6.45) is 4.19. The van der Waals surface area contributed by atoms with Crippen LogP contribution in [-0.4, -0.2) is 18.7 Å². The fraction of sp³-hybridized carbons (Fsp3) is 0.295. The molecule has 0 unspecified atom stereocenters. The topological polar surface area (TPSA) is 78.8 Å². The summed E-state index contributed by atoms with van der Waals surface area (Å²) in [7, 11) is -4.55. The Labute approximate surface area is 299 Å². The summed E-state index contributed by atoms with van der Waals surface area (Å²) in [6, 6.07) is 13.9. The molecule has 0 atom stereocenters. The van der Waals surface area contributed by atoms with Crippen LogP contribution in [0.3, 0.4) is 0 Å². The van der Waals surface area contributed by atoms with E-state index < -0.39 is 10.1 Å². The van der Waals surface area contributed by atoms with Crippen molar-refractivity contribution in [3.63, 3.8) is 0 Å². The first-order valence-electron chi connectivity index (χ1n) is 17.1. The zero-order valence-electron chi connectivity index (χ0n) is 31.8. The van der Waals surface area contributed by atoms with Crippen molar-refractivity contribution in [2.75, 3.05) is 5.32 Å². The second-order valence-electron chi connectivity index (χ2n) is 14.3. The van der Waals surface area contributed by atoms with Crippen molar-refractivity contribution in [2.24, 2.45) is 4.99 Å². The minimum absolute atomic E-state index is 0.111. The molecule has 0 amide bonds. The average molecular weight is 687 g/mol. The van der Waals surface area contributed by atoms with E-state index in [4.69, 9.17) is 4.99 Å². The molecule has 0 bridgehead atoms. The number of allylic oxidation sites excluding steroid dienone is 5. The Balaban J connectivity index is 1.77. The molecule has 0 spiro atoms. The predicted octanol–water partition coefficient (Wildman–Crippen LogP) is 11.6. The number of aliphatic imine (C=N–C) groups is 1. The van der Waals surface area contributed by atoms with Crippen LogP contribution in [0.2, 0.25) is 0 Å². The number of nitrogens with zero attached hydrogens (tertiary/aromatic N) is 1. The first-order valence-corrected chi connectivity index (χ1v) is 18.6. The van der Waals surface area contributed by atoms with Gasteiger partial charge in [0.05, 0.1) is 11.4 Å². The lowest BCUT2D eigenvalue weighted by Gasteiger charge is -2.24.